The van der Waals surface area contributed by atoms with Gasteiger partial charge in [-0.3, -0.25) is 15.6 Å². The molecule has 3 N–H and O–H groups in total. The van der Waals surface area contributed by atoms with E-state index in [1.165, 1.54) is 0 Å². The predicted octanol–water partition coefficient (Wildman–Crippen LogP) is 4.48. The minimum Gasteiger partial charge on any atom is -0.372 e. The Kier molecular flexibility index (Phi) is 6.06. The van der Waals surface area contributed by atoms with Gasteiger partial charge in [0.15, 0.2) is 5.60 Å². The molecule has 0 unspecified atom stereocenters. The molecule has 0 heterocycles. The molecule has 0 aliphatic rings. The Balaban J connectivity index is 1.88. The molecular weight excluding hydrogens is 384 g/mol. The minimum absolute atomic E-state index is 0.475. The molecule has 0 aliphatic heterocycles. The number of amides is 1. The largest absolute Gasteiger partial charge is 0.372 e. The summed E-state index contributed by atoms with van der Waals surface area (Å²) in [5.74, 6) is -0.611. The molecule has 0 radical (unpaired) electrons. The molecule has 3 aromatic rings. The Labute approximate surface area is 175 Å². The first-order valence-electron chi connectivity index (χ1n) is 9.18. The third kappa shape index (κ3) is 4.50. The molecule has 0 aliphatic carbocycles. The van der Waals surface area contributed by atoms with E-state index in [-0.39, 0.29) is 0 Å². The monoisotopic (exact) mass is 406 g/mol. The Hall–Kier alpha value is -3.08. The van der Waals surface area contributed by atoms with Crippen LogP contribution in [0.15, 0.2) is 79.4 Å². The molecule has 0 fully saturated rings. The number of aryl methyl sites for hydroxylation is 2. The van der Waals surface area contributed by atoms with Crippen LogP contribution in [-0.2, 0) is 10.4 Å². The van der Waals surface area contributed by atoms with Gasteiger partial charge in [-0.05, 0) is 42.7 Å². The van der Waals surface area contributed by atoms with Gasteiger partial charge in [0.1, 0.15) is 0 Å². The Bertz CT molecular complexity index is 965. The first-order chi connectivity index (χ1) is 13.8. The highest BCUT2D eigenvalue weighted by atomic mass is 35.5. The van der Waals surface area contributed by atoms with Crippen LogP contribution in [0.1, 0.15) is 27.8 Å². The third-order valence-electron chi connectivity index (χ3n) is 4.79. The van der Waals surface area contributed by atoms with Gasteiger partial charge in [0.25, 0.3) is 5.91 Å². The number of carbonyl (C=O) groups excluding carboxylic acids is 1. The number of rotatable bonds is 6. The summed E-state index contributed by atoms with van der Waals surface area (Å²) in [5.41, 5.74) is 7.78. The number of benzene rings is 3. The summed E-state index contributed by atoms with van der Waals surface area (Å²) in [4.78, 5) is 13.1. The molecule has 3 rings (SSSR count). The van der Waals surface area contributed by atoms with E-state index in [9.17, 15) is 9.90 Å². The second-order valence-corrected chi connectivity index (χ2v) is 7.44. The summed E-state index contributed by atoms with van der Waals surface area (Å²) in [6, 6.07) is 21.5. The van der Waals surface area contributed by atoms with E-state index in [0.29, 0.717) is 21.8 Å². The van der Waals surface area contributed by atoms with Gasteiger partial charge in [-0.15, -0.1) is 0 Å². The van der Waals surface area contributed by atoms with Gasteiger partial charge in [0.05, 0.1) is 5.70 Å². The zero-order valence-corrected chi connectivity index (χ0v) is 17.1. The summed E-state index contributed by atoms with van der Waals surface area (Å²) < 4.78 is 0. The standard InChI is InChI=1S/C24H23ClN2O2/c1-16-4-10-20(11-5-16)24(29,21-12-6-17(2)7-13-21)23(28)27-26-18(3)19-8-14-22(25)15-9-19/h4-15,26,29H,3H2,1-2H3,(H,27,28). The Morgan fingerprint density at radius 3 is 1.72 bits per heavy atom. The fourth-order valence-corrected chi connectivity index (χ4v) is 3.09. The molecule has 4 nitrogen and oxygen atoms in total. The van der Waals surface area contributed by atoms with Crippen molar-refractivity contribution < 1.29 is 9.90 Å². The summed E-state index contributed by atoms with van der Waals surface area (Å²) >= 11 is 5.91. The molecule has 0 atom stereocenters. The molecule has 0 saturated heterocycles. The third-order valence-corrected chi connectivity index (χ3v) is 5.04. The van der Waals surface area contributed by atoms with Gasteiger partial charge in [0, 0.05) is 5.02 Å². The van der Waals surface area contributed by atoms with Gasteiger partial charge in [0.2, 0.25) is 0 Å². The predicted molar refractivity (Wildman–Crippen MR) is 117 cm³/mol. The lowest BCUT2D eigenvalue weighted by Gasteiger charge is -2.29. The van der Waals surface area contributed by atoms with Crippen LogP contribution in [0, 0.1) is 13.8 Å². The number of carbonyl (C=O) groups is 1. The van der Waals surface area contributed by atoms with E-state index >= 15 is 0 Å². The molecule has 148 valence electrons. The van der Waals surface area contributed by atoms with Crippen molar-refractivity contribution in [2.45, 2.75) is 19.4 Å². The zero-order valence-electron chi connectivity index (χ0n) is 16.4. The summed E-state index contributed by atoms with van der Waals surface area (Å²) in [7, 11) is 0. The van der Waals surface area contributed by atoms with Crippen LogP contribution >= 0.6 is 11.6 Å². The van der Waals surface area contributed by atoms with Crippen molar-refractivity contribution in [3.63, 3.8) is 0 Å². The van der Waals surface area contributed by atoms with Gasteiger partial charge in [-0.25, -0.2) is 0 Å². The molecule has 0 bridgehead atoms. The summed E-state index contributed by atoms with van der Waals surface area (Å²) in [6.07, 6.45) is 0. The van der Waals surface area contributed by atoms with Crippen LogP contribution in [0.5, 0.6) is 0 Å². The highest BCUT2D eigenvalue weighted by Gasteiger charge is 2.40. The normalized spacial score (nSPS) is 11.0. The van der Waals surface area contributed by atoms with E-state index in [2.05, 4.69) is 17.4 Å². The Morgan fingerprint density at radius 2 is 1.28 bits per heavy atom. The smallest absolute Gasteiger partial charge is 0.279 e. The average molecular weight is 407 g/mol. The maximum Gasteiger partial charge on any atom is 0.279 e. The van der Waals surface area contributed by atoms with E-state index < -0.39 is 11.5 Å². The van der Waals surface area contributed by atoms with E-state index in [1.807, 2.05) is 38.1 Å². The van der Waals surface area contributed by atoms with Crippen molar-refractivity contribution in [3.05, 3.63) is 112 Å². The minimum atomic E-state index is -1.87. The lowest BCUT2D eigenvalue weighted by Crippen LogP contribution is -2.49. The molecule has 5 heteroatoms. The topological polar surface area (TPSA) is 61.4 Å². The fourth-order valence-electron chi connectivity index (χ4n) is 2.96. The second-order valence-electron chi connectivity index (χ2n) is 7.01. The van der Waals surface area contributed by atoms with Crippen LogP contribution in [0.4, 0.5) is 0 Å². The van der Waals surface area contributed by atoms with Crippen molar-refractivity contribution in [3.8, 4) is 0 Å². The van der Waals surface area contributed by atoms with Crippen molar-refractivity contribution >= 4 is 23.2 Å². The van der Waals surface area contributed by atoms with E-state index in [4.69, 9.17) is 11.6 Å². The van der Waals surface area contributed by atoms with Gasteiger partial charge >= 0.3 is 0 Å². The molecule has 29 heavy (non-hydrogen) atoms. The van der Waals surface area contributed by atoms with Crippen LogP contribution in [0.3, 0.4) is 0 Å². The van der Waals surface area contributed by atoms with Crippen molar-refractivity contribution in [1.29, 1.82) is 0 Å². The number of nitrogens with one attached hydrogen (secondary N) is 2. The maximum absolute atomic E-state index is 13.1. The number of hydrazine groups is 1. The van der Waals surface area contributed by atoms with Gasteiger partial charge in [-0.2, -0.15) is 0 Å². The van der Waals surface area contributed by atoms with Crippen LogP contribution < -0.4 is 10.9 Å². The Morgan fingerprint density at radius 1 is 0.828 bits per heavy atom. The number of halogens is 1. The van der Waals surface area contributed by atoms with Gasteiger partial charge in [-0.1, -0.05) is 90.0 Å². The maximum atomic E-state index is 13.1. The zero-order chi connectivity index (χ0) is 21.0. The number of hydrogen-bond donors (Lipinski definition) is 3. The highest BCUT2D eigenvalue weighted by Crippen LogP contribution is 2.30. The average Bonchev–Trinajstić information content (AvgIpc) is 2.72. The molecule has 0 saturated carbocycles. The van der Waals surface area contributed by atoms with E-state index in [1.54, 1.807) is 48.5 Å². The van der Waals surface area contributed by atoms with Crippen molar-refractivity contribution in [2.75, 3.05) is 0 Å². The number of hydrogen-bond acceptors (Lipinski definition) is 3. The van der Waals surface area contributed by atoms with Crippen LogP contribution in [-0.4, -0.2) is 11.0 Å². The molecule has 3 aromatic carbocycles. The van der Waals surface area contributed by atoms with Crippen molar-refractivity contribution in [2.24, 2.45) is 0 Å². The van der Waals surface area contributed by atoms with Crippen LogP contribution in [0.2, 0.25) is 5.02 Å². The summed E-state index contributed by atoms with van der Waals surface area (Å²) in [6.45, 7) is 7.83. The van der Waals surface area contributed by atoms with Crippen LogP contribution in [0.25, 0.3) is 5.70 Å². The summed E-state index contributed by atoms with van der Waals surface area (Å²) in [5, 5.41) is 12.1. The molecule has 0 spiro atoms. The van der Waals surface area contributed by atoms with Crippen molar-refractivity contribution in [1.82, 2.24) is 10.9 Å². The first-order valence-corrected chi connectivity index (χ1v) is 9.56. The molecular formula is C24H23ClN2O2. The molecule has 0 aromatic heterocycles. The molecule has 1 amide bonds. The number of aliphatic hydroxyl groups is 1. The SMILES string of the molecule is C=C(NNC(=O)C(O)(c1ccc(C)cc1)c1ccc(C)cc1)c1ccc(Cl)cc1. The quantitative estimate of drug-likeness (QED) is 0.529. The highest BCUT2D eigenvalue weighted by molar-refractivity contribution is 6.30. The fraction of sp³-hybridized carbons (Fsp3) is 0.125. The lowest BCUT2D eigenvalue weighted by molar-refractivity contribution is -0.137. The van der Waals surface area contributed by atoms with E-state index in [0.717, 1.165) is 16.7 Å². The second kappa shape index (κ2) is 8.52. The lowest BCUT2D eigenvalue weighted by atomic mass is 9.85. The van der Waals surface area contributed by atoms with Gasteiger partial charge < -0.3 is 5.11 Å². The first kappa shape index (κ1) is 20.6.